The number of carboxylic acids is 3. The molecule has 21 N–H and O–H groups in total. The normalized spacial score (nSPS) is 15.6. The fourth-order valence-electron chi connectivity index (χ4n) is 9.11. The number of hydrogen-bond donors (Lipinski definition) is 16. The number of carbonyl (C=O) groups is 12. The summed E-state index contributed by atoms with van der Waals surface area (Å²) >= 11 is 0. The Morgan fingerprint density at radius 1 is 0.588 bits per heavy atom. The quantitative estimate of drug-likeness (QED) is 0.0179. The maximum Gasteiger partial charge on any atom is 0.326 e. The van der Waals surface area contributed by atoms with Crippen molar-refractivity contribution in [2.45, 2.75) is 165 Å². The summed E-state index contributed by atoms with van der Waals surface area (Å²) in [7, 11) is 0. The maximum atomic E-state index is 14.9. The Morgan fingerprint density at radius 3 is 1.69 bits per heavy atom. The monoisotopic (exact) mass is 1190 g/mol. The van der Waals surface area contributed by atoms with E-state index in [9.17, 15) is 72.9 Å². The van der Waals surface area contributed by atoms with Gasteiger partial charge in [0.25, 0.3) is 0 Å². The summed E-state index contributed by atoms with van der Waals surface area (Å²) in [5, 5.41) is 56.5. The third-order valence-electron chi connectivity index (χ3n) is 13.6. The number of aliphatic imine (C=N–C) groups is 1. The molecular weight excluding hydrogens is 1110 g/mol. The topological polar surface area (TPSA) is 516 Å². The fourth-order valence-corrected chi connectivity index (χ4v) is 9.11. The number of nitrogens with two attached hydrogens (primary N) is 5. The van der Waals surface area contributed by atoms with Crippen LogP contribution in [0.2, 0.25) is 0 Å². The Labute approximate surface area is 490 Å². The van der Waals surface area contributed by atoms with Crippen LogP contribution in [-0.2, 0) is 70.4 Å². The van der Waals surface area contributed by atoms with Gasteiger partial charge in [-0.15, -0.1) is 0 Å². The van der Waals surface area contributed by atoms with Crippen molar-refractivity contribution in [2.24, 2.45) is 39.6 Å². The summed E-state index contributed by atoms with van der Waals surface area (Å²) in [4.78, 5) is 165. The molecule has 0 radical (unpaired) electrons. The lowest BCUT2D eigenvalue weighted by atomic mass is 10.0. The molecule has 0 aliphatic carbocycles. The van der Waals surface area contributed by atoms with Crippen molar-refractivity contribution in [3.05, 3.63) is 65.7 Å². The van der Waals surface area contributed by atoms with Gasteiger partial charge in [0, 0.05) is 38.8 Å². The predicted octanol–water partition coefficient (Wildman–Crippen LogP) is -3.19. The van der Waals surface area contributed by atoms with E-state index in [0.717, 1.165) is 0 Å². The fraction of sp³-hybridized carbons (Fsp3) is 0.545. The second-order valence-corrected chi connectivity index (χ2v) is 21.0. The number of aliphatic carboxylic acids is 3. The highest BCUT2D eigenvalue weighted by molar-refractivity contribution is 5.99. The van der Waals surface area contributed by atoms with E-state index in [1.165, 1.54) is 29.2 Å². The van der Waals surface area contributed by atoms with E-state index in [4.69, 9.17) is 33.8 Å². The molecule has 9 atom stereocenters. The van der Waals surface area contributed by atoms with Crippen LogP contribution in [0.3, 0.4) is 0 Å². The van der Waals surface area contributed by atoms with Crippen LogP contribution in [0.5, 0.6) is 5.75 Å². The van der Waals surface area contributed by atoms with Gasteiger partial charge in [-0.3, -0.25) is 57.7 Å². The lowest BCUT2D eigenvalue weighted by molar-refractivity contribution is -0.144. The van der Waals surface area contributed by atoms with Crippen LogP contribution >= 0.6 is 0 Å². The Morgan fingerprint density at radius 2 is 1.12 bits per heavy atom. The molecular formula is C55H82N14O16. The second kappa shape index (κ2) is 35.9. The van der Waals surface area contributed by atoms with E-state index < -0.39 is 151 Å². The van der Waals surface area contributed by atoms with Gasteiger partial charge in [-0.1, -0.05) is 56.3 Å². The SMILES string of the molecule is CC(C)C[C@H](NC(=O)[C@@H](N)CCC(=O)O)C(=O)N[C@@H](CCC(N)=O)C(=O)N[C@@H](CC(=O)O)C(=O)N[C@@H](Cc1ccccc1)C(=O)N1CCC[C@H]1C(=O)N[C@@H](Cc1ccc(O)cc1)C(=O)N[C@@H](CCCCN)C(=O)N[C@@H](CCCN=C(N)N)C(=O)O. The third kappa shape index (κ3) is 25.6. The number of carbonyl (C=O) groups excluding carboxylic acids is 9. The van der Waals surface area contributed by atoms with E-state index in [0.29, 0.717) is 24.0 Å². The molecule has 0 saturated carbocycles. The molecule has 9 amide bonds. The summed E-state index contributed by atoms with van der Waals surface area (Å²) < 4.78 is 0. The Balaban J connectivity index is 1.96. The highest BCUT2D eigenvalue weighted by Crippen LogP contribution is 2.22. The lowest BCUT2D eigenvalue weighted by Gasteiger charge is -2.31. The molecule has 1 aliphatic rings. The first-order chi connectivity index (χ1) is 40.2. The number of hydrogen-bond acceptors (Lipinski definition) is 16. The number of unbranched alkanes of at least 4 members (excludes halogenated alkanes) is 1. The minimum Gasteiger partial charge on any atom is -0.508 e. The van der Waals surface area contributed by atoms with Crippen LogP contribution in [0.4, 0.5) is 0 Å². The number of phenols is 1. The van der Waals surface area contributed by atoms with Gasteiger partial charge in [0.05, 0.1) is 12.5 Å². The Bertz CT molecular complexity index is 2660. The molecule has 2 aromatic rings. The molecule has 0 bridgehead atoms. The van der Waals surface area contributed by atoms with Gasteiger partial charge < -0.3 is 91.2 Å². The molecule has 1 fully saturated rings. The van der Waals surface area contributed by atoms with Crippen LogP contribution in [0.15, 0.2) is 59.6 Å². The van der Waals surface area contributed by atoms with E-state index in [1.54, 1.807) is 44.2 Å². The van der Waals surface area contributed by atoms with Crippen molar-refractivity contribution >= 4 is 77.0 Å². The maximum absolute atomic E-state index is 14.9. The van der Waals surface area contributed by atoms with Gasteiger partial charge in [0.1, 0.15) is 54.1 Å². The van der Waals surface area contributed by atoms with Crippen LogP contribution < -0.4 is 65.9 Å². The van der Waals surface area contributed by atoms with Crippen LogP contribution in [-0.4, -0.2) is 176 Å². The summed E-state index contributed by atoms with van der Waals surface area (Å²) in [6.07, 6.45) is -2.05. The molecule has 1 saturated heterocycles. The second-order valence-electron chi connectivity index (χ2n) is 21.0. The minimum atomic E-state index is -1.95. The van der Waals surface area contributed by atoms with Crippen molar-refractivity contribution in [1.29, 1.82) is 0 Å². The number of nitrogens with one attached hydrogen (secondary N) is 7. The lowest BCUT2D eigenvalue weighted by Crippen LogP contribution is -2.61. The van der Waals surface area contributed by atoms with Crippen LogP contribution in [0, 0.1) is 5.92 Å². The molecule has 2 aromatic carbocycles. The number of guanidine groups is 1. The van der Waals surface area contributed by atoms with Gasteiger partial charge in [-0.05, 0) is 99.9 Å². The third-order valence-corrected chi connectivity index (χ3v) is 13.6. The van der Waals surface area contributed by atoms with E-state index in [2.05, 4.69) is 42.2 Å². The van der Waals surface area contributed by atoms with E-state index >= 15 is 0 Å². The number of nitrogens with zero attached hydrogens (tertiary/aromatic N) is 2. The molecule has 30 heteroatoms. The zero-order valence-corrected chi connectivity index (χ0v) is 47.7. The number of benzene rings is 2. The highest BCUT2D eigenvalue weighted by atomic mass is 16.4. The number of aromatic hydroxyl groups is 1. The van der Waals surface area contributed by atoms with E-state index in [-0.39, 0.29) is 95.0 Å². The van der Waals surface area contributed by atoms with Crippen molar-refractivity contribution in [1.82, 2.24) is 42.1 Å². The van der Waals surface area contributed by atoms with Crippen molar-refractivity contribution in [3.8, 4) is 5.75 Å². The van der Waals surface area contributed by atoms with E-state index in [1.807, 2.05) is 0 Å². The van der Waals surface area contributed by atoms with Crippen LogP contribution in [0.25, 0.3) is 0 Å². The smallest absolute Gasteiger partial charge is 0.326 e. The average molecular weight is 1200 g/mol. The molecule has 3 rings (SSSR count). The first-order valence-electron chi connectivity index (χ1n) is 27.9. The molecule has 30 nitrogen and oxygen atoms in total. The molecule has 1 heterocycles. The summed E-state index contributed by atoms with van der Waals surface area (Å²) in [5.74, 6) is -13.2. The molecule has 468 valence electrons. The predicted molar refractivity (Wildman–Crippen MR) is 306 cm³/mol. The number of phenolic OH excluding ortho intramolecular Hbond substituents is 1. The van der Waals surface area contributed by atoms with Gasteiger partial charge in [-0.2, -0.15) is 0 Å². The first kappa shape index (κ1) is 70.3. The Kier molecular flexibility index (Phi) is 29.7. The largest absolute Gasteiger partial charge is 0.508 e. The van der Waals surface area contributed by atoms with Crippen molar-refractivity contribution in [2.75, 3.05) is 19.6 Å². The van der Waals surface area contributed by atoms with Gasteiger partial charge in [-0.25, -0.2) is 4.79 Å². The highest BCUT2D eigenvalue weighted by Gasteiger charge is 2.41. The first-order valence-corrected chi connectivity index (χ1v) is 27.9. The molecule has 85 heavy (non-hydrogen) atoms. The van der Waals surface area contributed by atoms with Gasteiger partial charge in [0.2, 0.25) is 53.2 Å². The molecule has 0 spiro atoms. The number of carboxylic acid groups (broad SMARTS) is 3. The average Bonchev–Trinajstić information content (AvgIpc) is 3.13. The molecule has 0 unspecified atom stereocenters. The summed E-state index contributed by atoms with van der Waals surface area (Å²) in [6.45, 7) is 3.70. The zero-order valence-electron chi connectivity index (χ0n) is 47.7. The number of amides is 9. The Hall–Kier alpha value is -8.93. The zero-order chi connectivity index (χ0) is 63.3. The van der Waals surface area contributed by atoms with Crippen molar-refractivity contribution in [3.63, 3.8) is 0 Å². The summed E-state index contributed by atoms with van der Waals surface area (Å²) in [6, 6.07) is 0.602. The van der Waals surface area contributed by atoms with Crippen LogP contribution in [0.1, 0.15) is 108 Å². The number of rotatable bonds is 38. The van der Waals surface area contributed by atoms with Gasteiger partial charge in [0.15, 0.2) is 5.96 Å². The summed E-state index contributed by atoms with van der Waals surface area (Å²) in [5.41, 5.74) is 28.7. The molecule has 0 aromatic heterocycles. The number of primary amides is 1. The molecule has 1 aliphatic heterocycles. The minimum absolute atomic E-state index is 0.00741. The number of likely N-dealkylation sites (tertiary alicyclic amines) is 1. The van der Waals surface area contributed by atoms with Crippen molar-refractivity contribution < 1.29 is 78.0 Å². The van der Waals surface area contributed by atoms with Gasteiger partial charge >= 0.3 is 17.9 Å². The standard InChI is InChI=1S/C55H82N14O16/c1-30(2)26-38(65-46(76)34(57)19-22-44(72)73)49(79)63-36(20-21-43(58)71)48(78)66-40(29-45(74)75)51(81)68-41(28-31-10-4-3-5-11-31)53(83)69-25-9-14-42(69)52(82)67-39(27-32-15-17-33(70)18-16-32)50(80)62-35(12-6-7-23-56)47(77)64-37(54(84)85)13-8-24-61-55(59)60/h3-5,10-11,15-18,30,34-42,70H,6-9,12-14,19-29,56-57H2,1-2H3,(H2,58,71)(H,62,80)(H,63,79)(H,64,77)(H,65,76)(H,66,78)(H,67,82)(H,68,81)(H,72,73)(H,74,75)(H,84,85)(H4,59,60,61)/t34-,35-,36-,37-,38-,39-,40-,41-,42-/m0/s1.